The van der Waals surface area contributed by atoms with Crippen LogP contribution in [0, 0.1) is 12.8 Å². The zero-order valence-electron chi connectivity index (χ0n) is 19.6. The second-order valence-electron chi connectivity index (χ2n) is 7.73. The van der Waals surface area contributed by atoms with Crippen LogP contribution in [-0.2, 0) is 6.42 Å². The summed E-state index contributed by atoms with van der Waals surface area (Å²) >= 11 is 0. The van der Waals surface area contributed by atoms with Gasteiger partial charge in [0.1, 0.15) is 0 Å². The fraction of sp³-hybridized carbons (Fsp3) is 0.480. The van der Waals surface area contributed by atoms with Crippen molar-refractivity contribution in [3.63, 3.8) is 0 Å². The Kier molecular flexibility index (Phi) is 10.4. The molecule has 0 saturated carbocycles. The maximum Gasteiger partial charge on any atom is 0.238 e. The molecular formula is C25H37NO4. The Morgan fingerprint density at radius 1 is 1.20 bits per heavy atom. The first-order valence-electron chi connectivity index (χ1n) is 10.3. The molecule has 30 heavy (non-hydrogen) atoms. The maximum atomic E-state index is 12.4. The Bertz CT molecular complexity index is 887. The van der Waals surface area contributed by atoms with Gasteiger partial charge in [-0.05, 0) is 46.6 Å². The fourth-order valence-electron chi connectivity index (χ4n) is 3.17. The number of rotatable bonds is 10. The van der Waals surface area contributed by atoms with Crippen LogP contribution in [0.5, 0.6) is 11.6 Å². The van der Waals surface area contributed by atoms with Crippen molar-refractivity contribution in [3.05, 3.63) is 68.6 Å². The first-order chi connectivity index (χ1) is 14.2. The van der Waals surface area contributed by atoms with Crippen molar-refractivity contribution < 1.29 is 14.6 Å². The number of hydrogen-bond donors (Lipinski definition) is 2. The lowest BCUT2D eigenvalue weighted by atomic mass is 9.96. The summed E-state index contributed by atoms with van der Waals surface area (Å²) in [7, 11) is 2.97. The van der Waals surface area contributed by atoms with Gasteiger partial charge in [0.05, 0.1) is 20.3 Å². The number of aromatic amines is 1. The SMILES string of the molecule is CC=C(C)[C@H](O)[C@H](C)C=C(C)C=CCC(C)=CCc1[nH]c(OC)c(OC)c(=O)c1C. The van der Waals surface area contributed by atoms with Crippen LogP contribution in [0.2, 0.25) is 0 Å². The van der Waals surface area contributed by atoms with E-state index in [1.807, 2.05) is 33.8 Å². The van der Waals surface area contributed by atoms with E-state index in [2.05, 4.69) is 36.2 Å². The topological polar surface area (TPSA) is 71.6 Å². The number of aliphatic hydroxyl groups is 1. The van der Waals surface area contributed by atoms with Gasteiger partial charge in [0.15, 0.2) is 0 Å². The summed E-state index contributed by atoms with van der Waals surface area (Å²) < 4.78 is 10.4. The number of pyridine rings is 1. The first kappa shape index (κ1) is 25.5. The molecule has 1 heterocycles. The molecule has 1 aromatic heterocycles. The number of aliphatic hydroxyl groups excluding tert-OH is 1. The van der Waals surface area contributed by atoms with E-state index in [0.29, 0.717) is 17.9 Å². The zero-order chi connectivity index (χ0) is 22.8. The second-order valence-corrected chi connectivity index (χ2v) is 7.73. The van der Waals surface area contributed by atoms with Gasteiger partial charge in [0, 0.05) is 23.6 Å². The van der Waals surface area contributed by atoms with Gasteiger partial charge >= 0.3 is 0 Å². The van der Waals surface area contributed by atoms with Gasteiger partial charge in [-0.1, -0.05) is 48.5 Å². The number of aromatic nitrogens is 1. The summed E-state index contributed by atoms with van der Waals surface area (Å²) in [4.78, 5) is 15.6. The molecule has 0 aliphatic carbocycles. The van der Waals surface area contributed by atoms with Crippen LogP contribution in [0.3, 0.4) is 0 Å². The number of allylic oxidation sites excluding steroid dienone is 6. The molecule has 5 nitrogen and oxygen atoms in total. The van der Waals surface area contributed by atoms with Crippen LogP contribution in [-0.4, -0.2) is 30.4 Å². The standard InChI is InChI=1S/C25H37NO4/c1-9-18(4)22(27)19(5)15-17(3)12-10-11-16(2)13-14-21-20(6)23(28)24(29-7)25(26-21)30-8/h9-10,12-13,15,19,22,27H,11,14H2,1-8H3,(H,26,28)/t19-,22+/m1/s1. The summed E-state index contributed by atoms with van der Waals surface area (Å²) in [5.41, 5.74) is 4.61. The lowest BCUT2D eigenvalue weighted by Gasteiger charge is -2.16. The molecule has 0 unspecified atom stereocenters. The molecule has 0 radical (unpaired) electrons. The maximum absolute atomic E-state index is 12.4. The van der Waals surface area contributed by atoms with E-state index in [1.165, 1.54) is 19.8 Å². The molecule has 0 aliphatic heterocycles. The minimum atomic E-state index is -0.452. The smallest absolute Gasteiger partial charge is 0.238 e. The van der Waals surface area contributed by atoms with Crippen molar-refractivity contribution >= 4 is 0 Å². The monoisotopic (exact) mass is 415 g/mol. The van der Waals surface area contributed by atoms with E-state index in [4.69, 9.17) is 9.47 Å². The predicted octanol–water partition coefficient (Wildman–Crippen LogP) is 5.05. The molecule has 1 aromatic rings. The Morgan fingerprint density at radius 3 is 2.43 bits per heavy atom. The summed E-state index contributed by atoms with van der Waals surface area (Å²) in [6.45, 7) is 11.8. The lowest BCUT2D eigenvalue weighted by molar-refractivity contribution is 0.173. The zero-order valence-corrected chi connectivity index (χ0v) is 19.6. The number of H-pyrrole nitrogens is 1. The molecule has 1 rings (SSSR count). The van der Waals surface area contributed by atoms with Crippen molar-refractivity contribution in [2.45, 2.75) is 60.5 Å². The van der Waals surface area contributed by atoms with E-state index in [0.717, 1.165) is 23.3 Å². The van der Waals surface area contributed by atoms with Crippen LogP contribution in [0.25, 0.3) is 0 Å². The molecule has 5 heteroatoms. The molecule has 0 amide bonds. The fourth-order valence-corrected chi connectivity index (χ4v) is 3.17. The Morgan fingerprint density at radius 2 is 1.87 bits per heavy atom. The molecule has 0 saturated heterocycles. The Balaban J connectivity index is 2.80. The van der Waals surface area contributed by atoms with Gasteiger partial charge in [0.25, 0.3) is 0 Å². The number of methoxy groups -OCH3 is 2. The van der Waals surface area contributed by atoms with Crippen molar-refractivity contribution in [3.8, 4) is 11.6 Å². The quantitative estimate of drug-likeness (QED) is 0.415. The molecule has 0 aromatic carbocycles. The van der Waals surface area contributed by atoms with Crippen LogP contribution >= 0.6 is 0 Å². The van der Waals surface area contributed by atoms with E-state index in [1.54, 1.807) is 6.92 Å². The highest BCUT2D eigenvalue weighted by Crippen LogP contribution is 2.22. The summed E-state index contributed by atoms with van der Waals surface area (Å²) in [5, 5.41) is 10.3. The van der Waals surface area contributed by atoms with Gasteiger partial charge in [0.2, 0.25) is 17.1 Å². The first-order valence-corrected chi connectivity index (χ1v) is 10.3. The van der Waals surface area contributed by atoms with Gasteiger partial charge in [-0.2, -0.15) is 0 Å². The average Bonchev–Trinajstić information content (AvgIpc) is 2.73. The highest BCUT2D eigenvalue weighted by molar-refractivity contribution is 5.40. The third-order valence-electron chi connectivity index (χ3n) is 5.30. The van der Waals surface area contributed by atoms with Crippen molar-refractivity contribution in [2.75, 3.05) is 14.2 Å². The van der Waals surface area contributed by atoms with Gasteiger partial charge in [-0.3, -0.25) is 4.79 Å². The van der Waals surface area contributed by atoms with Crippen LogP contribution in [0.4, 0.5) is 0 Å². The molecule has 0 bridgehead atoms. The van der Waals surface area contributed by atoms with E-state index < -0.39 is 6.10 Å². The summed E-state index contributed by atoms with van der Waals surface area (Å²) in [5.74, 6) is 0.611. The predicted molar refractivity (Wildman–Crippen MR) is 124 cm³/mol. The van der Waals surface area contributed by atoms with Crippen molar-refractivity contribution in [2.24, 2.45) is 5.92 Å². The molecular weight excluding hydrogens is 378 g/mol. The Labute approximate surface area is 180 Å². The minimum Gasteiger partial charge on any atom is -0.488 e. The minimum absolute atomic E-state index is 0.0624. The third-order valence-corrected chi connectivity index (χ3v) is 5.30. The number of hydrogen-bond acceptors (Lipinski definition) is 4. The lowest BCUT2D eigenvalue weighted by Crippen LogP contribution is -2.17. The summed E-state index contributed by atoms with van der Waals surface area (Å²) in [6, 6.07) is 0. The van der Waals surface area contributed by atoms with Crippen LogP contribution < -0.4 is 14.9 Å². The number of ether oxygens (including phenoxy) is 2. The molecule has 2 N–H and O–H groups in total. The second kappa shape index (κ2) is 12.2. The third kappa shape index (κ3) is 7.06. The molecule has 2 atom stereocenters. The van der Waals surface area contributed by atoms with Crippen molar-refractivity contribution in [1.29, 1.82) is 0 Å². The van der Waals surface area contributed by atoms with E-state index >= 15 is 0 Å². The molecule has 0 aliphatic rings. The molecule has 0 fully saturated rings. The highest BCUT2D eigenvalue weighted by atomic mass is 16.5. The molecule has 166 valence electrons. The van der Waals surface area contributed by atoms with Crippen molar-refractivity contribution in [1.82, 2.24) is 4.98 Å². The Hall–Kier alpha value is -2.53. The van der Waals surface area contributed by atoms with E-state index in [9.17, 15) is 9.90 Å². The number of nitrogens with one attached hydrogen (secondary N) is 1. The van der Waals surface area contributed by atoms with Crippen LogP contribution in [0.15, 0.2) is 51.9 Å². The summed E-state index contributed by atoms with van der Waals surface area (Å²) in [6.07, 6.45) is 11.3. The normalized spacial score (nSPS) is 15.4. The van der Waals surface area contributed by atoms with Gasteiger partial charge in [-0.25, -0.2) is 0 Å². The van der Waals surface area contributed by atoms with Crippen LogP contribution in [0.1, 0.15) is 52.3 Å². The largest absolute Gasteiger partial charge is 0.488 e. The van der Waals surface area contributed by atoms with Gasteiger partial charge in [-0.15, -0.1) is 0 Å². The average molecular weight is 416 g/mol. The van der Waals surface area contributed by atoms with E-state index in [-0.39, 0.29) is 17.1 Å². The van der Waals surface area contributed by atoms with Gasteiger partial charge < -0.3 is 19.6 Å². The molecule has 0 spiro atoms. The highest BCUT2D eigenvalue weighted by Gasteiger charge is 2.15.